The van der Waals surface area contributed by atoms with Gasteiger partial charge in [0.1, 0.15) is 0 Å². The predicted octanol–water partition coefficient (Wildman–Crippen LogP) is 1.20. The Morgan fingerprint density at radius 2 is 1.45 bits per heavy atom. The maximum absolute atomic E-state index is 10.7. The van der Waals surface area contributed by atoms with Gasteiger partial charge in [-0.3, -0.25) is 20.2 Å². The van der Waals surface area contributed by atoms with E-state index >= 15 is 0 Å². The van der Waals surface area contributed by atoms with Crippen molar-refractivity contribution in [3.05, 3.63) is 48.5 Å². The van der Waals surface area contributed by atoms with E-state index in [1.165, 1.54) is 0 Å². The van der Waals surface area contributed by atoms with Gasteiger partial charge in [-0.25, -0.2) is 0 Å². The third-order valence-corrected chi connectivity index (χ3v) is 2.23. The highest BCUT2D eigenvalue weighted by Gasteiger charge is 2.22. The van der Waals surface area contributed by atoms with Gasteiger partial charge >= 0.3 is 5.95 Å². The van der Waals surface area contributed by atoms with E-state index in [2.05, 4.69) is 10.1 Å². The Labute approximate surface area is 108 Å². The number of H-pyrrole nitrogens is 1. The summed E-state index contributed by atoms with van der Waals surface area (Å²) in [6, 6.07) is 2.74. The third kappa shape index (κ3) is 2.38. The lowest BCUT2D eigenvalue weighted by Gasteiger charge is -1.95. The predicted molar refractivity (Wildman–Crippen MR) is 61.8 cm³/mol. The molecule has 12 nitrogen and oxygen atoms in total. The second kappa shape index (κ2) is 4.68. The summed E-state index contributed by atoms with van der Waals surface area (Å²) in [5.74, 6) is -0.919. The first-order valence-corrected chi connectivity index (χ1v) is 4.89. The van der Waals surface area contributed by atoms with Crippen LogP contribution in [0.1, 0.15) is 0 Å². The molecule has 0 unspecified atom stereocenters. The third-order valence-electron chi connectivity index (χ3n) is 2.23. The van der Waals surface area contributed by atoms with Crippen LogP contribution in [-0.2, 0) is 0 Å². The molecule has 1 aromatic carbocycles. The first-order chi connectivity index (χ1) is 9.38. The second-order valence-corrected chi connectivity index (χ2v) is 3.49. The number of nitro groups is 3. The van der Waals surface area contributed by atoms with Gasteiger partial charge in [-0.1, -0.05) is 5.10 Å². The van der Waals surface area contributed by atoms with Crippen LogP contribution in [0.5, 0.6) is 0 Å². The van der Waals surface area contributed by atoms with E-state index in [9.17, 15) is 30.3 Å². The molecule has 0 saturated carbocycles. The van der Waals surface area contributed by atoms with Gasteiger partial charge in [0.15, 0.2) is 0 Å². The maximum Gasteiger partial charge on any atom is 0.453 e. The number of nitrogens with zero attached hydrogens (tertiary/aromatic N) is 5. The van der Waals surface area contributed by atoms with Crippen LogP contribution in [0.4, 0.5) is 17.3 Å². The zero-order valence-electron chi connectivity index (χ0n) is 9.42. The molecule has 20 heavy (non-hydrogen) atoms. The molecule has 0 bridgehead atoms. The van der Waals surface area contributed by atoms with Crippen LogP contribution >= 0.6 is 0 Å². The second-order valence-electron chi connectivity index (χ2n) is 3.49. The maximum atomic E-state index is 10.7. The molecule has 12 heteroatoms. The summed E-state index contributed by atoms with van der Waals surface area (Å²) in [6.45, 7) is 0. The van der Waals surface area contributed by atoms with Gasteiger partial charge in [-0.05, 0) is 9.91 Å². The van der Waals surface area contributed by atoms with Crippen LogP contribution in [0.3, 0.4) is 0 Å². The molecule has 0 atom stereocenters. The summed E-state index contributed by atoms with van der Waals surface area (Å²) in [4.78, 5) is 32.8. The molecule has 1 N–H and O–H groups in total. The van der Waals surface area contributed by atoms with Crippen LogP contribution in [0.15, 0.2) is 18.2 Å². The van der Waals surface area contributed by atoms with Crippen molar-refractivity contribution in [2.45, 2.75) is 0 Å². The molecular weight excluding hydrogens is 276 g/mol. The number of hydrogen-bond donors (Lipinski definition) is 1. The van der Waals surface area contributed by atoms with Crippen LogP contribution in [-0.4, -0.2) is 30.0 Å². The van der Waals surface area contributed by atoms with Gasteiger partial charge in [-0.15, -0.1) is 5.10 Å². The van der Waals surface area contributed by atoms with E-state index in [0.717, 1.165) is 18.2 Å². The van der Waals surface area contributed by atoms with Crippen LogP contribution in [0, 0.1) is 30.3 Å². The molecule has 0 fully saturated rings. The first-order valence-electron chi connectivity index (χ1n) is 4.89. The van der Waals surface area contributed by atoms with E-state index in [1.807, 2.05) is 5.10 Å². The fourth-order valence-electron chi connectivity index (χ4n) is 1.40. The molecule has 1 aromatic heterocycles. The largest absolute Gasteiger partial charge is 0.453 e. The van der Waals surface area contributed by atoms with E-state index in [4.69, 9.17) is 0 Å². The van der Waals surface area contributed by atoms with Gasteiger partial charge in [-0.2, -0.15) is 0 Å². The van der Waals surface area contributed by atoms with Gasteiger partial charge in [0.05, 0.1) is 21.5 Å². The molecule has 2 rings (SSSR count). The number of rotatable bonds is 4. The molecule has 1 heterocycles. The van der Waals surface area contributed by atoms with Gasteiger partial charge in [0.2, 0.25) is 0 Å². The zero-order valence-corrected chi connectivity index (χ0v) is 9.42. The van der Waals surface area contributed by atoms with Crippen molar-refractivity contribution >= 4 is 17.3 Å². The fourth-order valence-corrected chi connectivity index (χ4v) is 1.40. The monoisotopic (exact) mass is 280 g/mol. The van der Waals surface area contributed by atoms with Crippen LogP contribution in [0.25, 0.3) is 11.4 Å². The lowest BCUT2D eigenvalue weighted by atomic mass is 10.1. The minimum absolute atomic E-state index is 0.0738. The molecule has 0 amide bonds. The Morgan fingerprint density at radius 1 is 0.900 bits per heavy atom. The summed E-state index contributed by atoms with van der Waals surface area (Å²) in [5, 5.41) is 37.3. The van der Waals surface area contributed by atoms with E-state index < -0.39 is 32.1 Å². The Bertz CT molecular complexity index is 692. The van der Waals surface area contributed by atoms with Crippen molar-refractivity contribution in [1.29, 1.82) is 0 Å². The lowest BCUT2D eigenvalue weighted by Crippen LogP contribution is -1.94. The molecule has 0 spiro atoms. The number of hydrogen-bond acceptors (Lipinski definition) is 8. The molecule has 0 radical (unpaired) electrons. The van der Waals surface area contributed by atoms with E-state index in [1.54, 1.807) is 0 Å². The molecule has 0 saturated heterocycles. The highest BCUT2D eigenvalue weighted by Crippen LogP contribution is 2.28. The minimum Gasteiger partial charge on any atom is -0.390 e. The number of aromatic nitrogens is 3. The summed E-state index contributed by atoms with van der Waals surface area (Å²) >= 11 is 0. The normalized spacial score (nSPS) is 10.2. The number of nitro benzene ring substituents is 2. The molecule has 0 aliphatic carbocycles. The van der Waals surface area contributed by atoms with Crippen molar-refractivity contribution < 1.29 is 14.8 Å². The SMILES string of the molecule is O=[N+]([O-])c1cc(-c2n[nH]c([N+](=O)[O-])n2)cc([N+](=O)[O-])c1. The highest BCUT2D eigenvalue weighted by molar-refractivity contribution is 5.64. The Morgan fingerprint density at radius 3 is 1.85 bits per heavy atom. The Balaban J connectivity index is 2.57. The summed E-state index contributed by atoms with van der Waals surface area (Å²) < 4.78 is 0. The van der Waals surface area contributed by atoms with Crippen molar-refractivity contribution in [3.8, 4) is 11.4 Å². The first kappa shape index (κ1) is 13.0. The van der Waals surface area contributed by atoms with Crippen molar-refractivity contribution in [3.63, 3.8) is 0 Å². The Kier molecular flexibility index (Phi) is 3.04. The highest BCUT2D eigenvalue weighted by atomic mass is 16.6. The summed E-state index contributed by atoms with van der Waals surface area (Å²) in [6.07, 6.45) is 0. The molecule has 0 aliphatic rings. The van der Waals surface area contributed by atoms with Crippen LogP contribution < -0.4 is 0 Å². The average molecular weight is 280 g/mol. The van der Waals surface area contributed by atoms with E-state index in [0.29, 0.717) is 0 Å². The molecule has 102 valence electrons. The number of benzene rings is 1. The standard InChI is InChI=1S/C8H4N6O6/c15-12(16)5-1-4(2-6(3-5)13(17)18)7-9-8(11-10-7)14(19)20/h1-3H,(H,9,10,11). The average Bonchev–Trinajstić information content (AvgIpc) is 2.87. The molecule has 0 aliphatic heterocycles. The minimum atomic E-state index is -0.845. The van der Waals surface area contributed by atoms with Gasteiger partial charge in [0, 0.05) is 12.1 Å². The van der Waals surface area contributed by atoms with E-state index in [-0.39, 0.29) is 11.4 Å². The molecular formula is C8H4N6O6. The quantitative estimate of drug-likeness (QED) is 0.642. The van der Waals surface area contributed by atoms with Gasteiger partial charge < -0.3 is 10.1 Å². The van der Waals surface area contributed by atoms with Crippen molar-refractivity contribution in [2.75, 3.05) is 0 Å². The van der Waals surface area contributed by atoms with Gasteiger partial charge in [0.25, 0.3) is 17.2 Å². The Hall–Kier alpha value is -3.44. The van der Waals surface area contributed by atoms with Crippen LogP contribution in [0.2, 0.25) is 0 Å². The topological polar surface area (TPSA) is 171 Å². The number of aromatic amines is 1. The fraction of sp³-hybridized carbons (Fsp3) is 0. The van der Waals surface area contributed by atoms with Crippen molar-refractivity contribution in [2.24, 2.45) is 0 Å². The lowest BCUT2D eigenvalue weighted by molar-refractivity contribution is -0.394. The summed E-state index contributed by atoms with van der Waals surface area (Å²) in [7, 11) is 0. The smallest absolute Gasteiger partial charge is 0.390 e. The number of non-ortho nitro benzene ring substituents is 2. The number of nitrogens with one attached hydrogen (secondary N) is 1. The summed E-state index contributed by atoms with van der Waals surface area (Å²) in [5.41, 5.74) is -1.15. The molecule has 2 aromatic rings. The van der Waals surface area contributed by atoms with Crippen molar-refractivity contribution in [1.82, 2.24) is 15.2 Å². The zero-order chi connectivity index (χ0) is 14.9.